The van der Waals surface area contributed by atoms with Gasteiger partial charge in [-0.2, -0.15) is 0 Å². The number of hydrogen-bond acceptors (Lipinski definition) is 3. The highest BCUT2D eigenvalue weighted by Gasteiger charge is 2.41. The Labute approximate surface area is 148 Å². The van der Waals surface area contributed by atoms with Crippen molar-refractivity contribution in [1.29, 1.82) is 0 Å². The van der Waals surface area contributed by atoms with Crippen molar-refractivity contribution < 1.29 is 15.0 Å². The Morgan fingerprint density at radius 2 is 1.58 bits per heavy atom. The van der Waals surface area contributed by atoms with Crippen molar-refractivity contribution in [3.8, 4) is 0 Å². The van der Waals surface area contributed by atoms with Crippen molar-refractivity contribution in [2.75, 3.05) is 0 Å². The number of carbonyl (C=O) groups is 1. The van der Waals surface area contributed by atoms with Gasteiger partial charge in [0.15, 0.2) is 5.78 Å². The van der Waals surface area contributed by atoms with E-state index in [4.69, 9.17) is 0 Å². The Hall–Kier alpha value is -0.670. The molecule has 1 aliphatic carbocycles. The second-order valence-corrected chi connectivity index (χ2v) is 8.84. The van der Waals surface area contributed by atoms with Crippen LogP contribution in [0, 0.1) is 29.6 Å². The summed E-state index contributed by atoms with van der Waals surface area (Å²) < 4.78 is 0. The molecule has 0 aromatic heterocycles. The summed E-state index contributed by atoms with van der Waals surface area (Å²) in [7, 11) is 0. The van der Waals surface area contributed by atoms with Gasteiger partial charge in [-0.15, -0.1) is 0 Å². The number of aliphatic hydroxyl groups is 2. The highest BCUT2D eigenvalue weighted by Crippen LogP contribution is 2.39. The van der Waals surface area contributed by atoms with Gasteiger partial charge in [-0.1, -0.05) is 54.0 Å². The maximum Gasteiger partial charge on any atom is 0.161 e. The molecule has 0 amide bonds. The Morgan fingerprint density at radius 1 is 1.00 bits per heavy atom. The maximum atomic E-state index is 12.5. The van der Waals surface area contributed by atoms with E-state index < -0.39 is 12.2 Å². The van der Waals surface area contributed by atoms with Crippen molar-refractivity contribution >= 4 is 5.78 Å². The number of ketones is 1. The van der Waals surface area contributed by atoms with Crippen molar-refractivity contribution in [1.82, 2.24) is 0 Å². The zero-order valence-corrected chi connectivity index (χ0v) is 16.5. The van der Waals surface area contributed by atoms with Gasteiger partial charge in [0.25, 0.3) is 0 Å². The molecular weight excluding hydrogens is 300 g/mol. The zero-order valence-electron chi connectivity index (χ0n) is 16.5. The molecule has 0 aliphatic heterocycles. The van der Waals surface area contributed by atoms with Crippen molar-refractivity contribution in [3.63, 3.8) is 0 Å². The Morgan fingerprint density at radius 3 is 2.08 bits per heavy atom. The monoisotopic (exact) mass is 338 g/mol. The summed E-state index contributed by atoms with van der Waals surface area (Å²) in [5.41, 5.74) is 0.547. The van der Waals surface area contributed by atoms with E-state index in [1.807, 2.05) is 19.9 Å². The minimum atomic E-state index is -0.714. The molecule has 1 rings (SSSR count). The Bertz CT molecular complexity index is 423. The first kappa shape index (κ1) is 21.4. The summed E-state index contributed by atoms with van der Waals surface area (Å²) in [6.45, 7) is 12.7. The van der Waals surface area contributed by atoms with Crippen LogP contribution in [0.1, 0.15) is 73.6 Å². The summed E-state index contributed by atoms with van der Waals surface area (Å²) in [5, 5.41) is 21.4. The number of rotatable bonds is 10. The average Bonchev–Trinajstić information content (AvgIpc) is 2.78. The predicted molar refractivity (Wildman–Crippen MR) is 99.7 cm³/mol. The molecule has 0 spiro atoms. The molecule has 0 fully saturated rings. The molecular formula is C21H38O3. The van der Waals surface area contributed by atoms with E-state index in [9.17, 15) is 15.0 Å². The van der Waals surface area contributed by atoms with E-state index in [0.717, 1.165) is 25.7 Å². The van der Waals surface area contributed by atoms with Gasteiger partial charge in [-0.05, 0) is 42.9 Å². The average molecular weight is 339 g/mol. The SMILES string of the molecule is CC(C)CCC1C(O)C(C(=O)CC(C)C)=CC1[C@@H](O)CCC(C)C. The number of Topliss-reactive ketones (excluding diaryl/α,β-unsaturated/α-hetero) is 1. The summed E-state index contributed by atoms with van der Waals surface area (Å²) in [6.07, 6.45) is 4.74. The van der Waals surface area contributed by atoms with E-state index >= 15 is 0 Å². The van der Waals surface area contributed by atoms with E-state index in [1.54, 1.807) is 0 Å². The molecule has 0 aromatic rings. The van der Waals surface area contributed by atoms with E-state index in [1.165, 1.54) is 0 Å². The van der Waals surface area contributed by atoms with E-state index in [2.05, 4.69) is 27.7 Å². The molecule has 0 bridgehead atoms. The topological polar surface area (TPSA) is 57.5 Å². The lowest BCUT2D eigenvalue weighted by molar-refractivity contribution is -0.117. The molecule has 0 saturated heterocycles. The first-order valence-corrected chi connectivity index (χ1v) is 9.74. The van der Waals surface area contributed by atoms with Gasteiger partial charge in [0.2, 0.25) is 0 Å². The lowest BCUT2D eigenvalue weighted by Gasteiger charge is -2.28. The second kappa shape index (κ2) is 9.72. The number of aliphatic hydroxyl groups excluding tert-OH is 2. The van der Waals surface area contributed by atoms with Crippen LogP contribution in [-0.2, 0) is 4.79 Å². The maximum absolute atomic E-state index is 12.5. The third-order valence-electron chi connectivity index (χ3n) is 5.07. The van der Waals surface area contributed by atoms with Crippen LogP contribution in [0.2, 0.25) is 0 Å². The molecule has 4 atom stereocenters. The largest absolute Gasteiger partial charge is 0.393 e. The van der Waals surface area contributed by atoms with Gasteiger partial charge in [-0.3, -0.25) is 4.79 Å². The summed E-state index contributed by atoms with van der Waals surface area (Å²) in [4.78, 5) is 12.5. The molecule has 140 valence electrons. The molecule has 3 nitrogen and oxygen atoms in total. The van der Waals surface area contributed by atoms with Crippen LogP contribution in [0.3, 0.4) is 0 Å². The molecule has 1 aliphatic rings. The lowest BCUT2D eigenvalue weighted by atomic mass is 9.82. The summed E-state index contributed by atoms with van der Waals surface area (Å²) >= 11 is 0. The minimum absolute atomic E-state index is 0.0272. The van der Waals surface area contributed by atoms with Gasteiger partial charge < -0.3 is 10.2 Å². The molecule has 0 heterocycles. The van der Waals surface area contributed by atoms with Crippen LogP contribution in [0.4, 0.5) is 0 Å². The first-order valence-electron chi connectivity index (χ1n) is 9.74. The number of hydrogen-bond donors (Lipinski definition) is 2. The van der Waals surface area contributed by atoms with Crippen LogP contribution < -0.4 is 0 Å². The fraction of sp³-hybridized carbons (Fsp3) is 0.857. The van der Waals surface area contributed by atoms with Gasteiger partial charge in [0.05, 0.1) is 12.2 Å². The van der Waals surface area contributed by atoms with Gasteiger partial charge in [-0.25, -0.2) is 0 Å². The summed E-state index contributed by atoms with van der Waals surface area (Å²) in [6, 6.07) is 0. The smallest absolute Gasteiger partial charge is 0.161 e. The molecule has 0 aromatic carbocycles. The van der Waals surface area contributed by atoms with E-state index in [-0.39, 0.29) is 23.5 Å². The van der Waals surface area contributed by atoms with Crippen molar-refractivity contribution in [3.05, 3.63) is 11.6 Å². The third kappa shape index (κ3) is 6.33. The molecule has 0 radical (unpaired) electrons. The highest BCUT2D eigenvalue weighted by molar-refractivity contribution is 5.97. The predicted octanol–water partition coefficient (Wildman–Crippen LogP) is 4.37. The zero-order chi connectivity index (χ0) is 18.4. The lowest BCUT2D eigenvalue weighted by Crippen LogP contribution is -2.31. The molecule has 3 unspecified atom stereocenters. The molecule has 3 heteroatoms. The third-order valence-corrected chi connectivity index (χ3v) is 5.07. The second-order valence-electron chi connectivity index (χ2n) is 8.84. The fourth-order valence-electron chi connectivity index (χ4n) is 3.59. The fourth-order valence-corrected chi connectivity index (χ4v) is 3.59. The van der Waals surface area contributed by atoms with Crippen LogP contribution in [0.15, 0.2) is 11.6 Å². The summed E-state index contributed by atoms with van der Waals surface area (Å²) in [5.74, 6) is 1.31. The Balaban J connectivity index is 2.89. The van der Waals surface area contributed by atoms with Crippen LogP contribution in [-0.4, -0.2) is 28.2 Å². The molecule has 24 heavy (non-hydrogen) atoms. The first-order chi connectivity index (χ1) is 11.1. The van der Waals surface area contributed by atoms with Gasteiger partial charge >= 0.3 is 0 Å². The number of carbonyl (C=O) groups excluding carboxylic acids is 1. The molecule has 2 N–H and O–H groups in total. The Kier molecular flexibility index (Phi) is 8.66. The minimum Gasteiger partial charge on any atom is -0.393 e. The van der Waals surface area contributed by atoms with Crippen LogP contribution in [0.25, 0.3) is 0 Å². The van der Waals surface area contributed by atoms with Crippen molar-refractivity contribution in [2.45, 2.75) is 85.9 Å². The van der Waals surface area contributed by atoms with Gasteiger partial charge in [0.1, 0.15) is 0 Å². The van der Waals surface area contributed by atoms with Crippen molar-refractivity contribution in [2.24, 2.45) is 29.6 Å². The van der Waals surface area contributed by atoms with E-state index in [0.29, 0.717) is 23.8 Å². The van der Waals surface area contributed by atoms with Crippen LogP contribution >= 0.6 is 0 Å². The normalized spacial score (nSPS) is 25.6. The highest BCUT2D eigenvalue weighted by atomic mass is 16.3. The standard InChI is InChI=1S/C21H38O3/c1-13(2)7-9-16-17(19(22)10-8-14(3)4)12-18(21(16)24)20(23)11-15(5)6/h12-17,19,21-22,24H,7-11H2,1-6H3/t16?,17?,19-,21?/m0/s1. The molecule has 0 saturated carbocycles. The quantitative estimate of drug-likeness (QED) is 0.622. The van der Waals surface area contributed by atoms with Gasteiger partial charge in [0, 0.05) is 17.9 Å². The van der Waals surface area contributed by atoms with Crippen LogP contribution in [0.5, 0.6) is 0 Å².